The molecule has 0 saturated heterocycles. The summed E-state index contributed by atoms with van der Waals surface area (Å²) in [6, 6.07) is 16.8. The third-order valence-corrected chi connectivity index (χ3v) is 3.35. The van der Waals surface area contributed by atoms with Crippen LogP contribution in [-0.4, -0.2) is 19.7 Å². The fourth-order valence-electron chi connectivity index (χ4n) is 2.14. The van der Waals surface area contributed by atoms with Gasteiger partial charge in [0.1, 0.15) is 18.2 Å². The SMILES string of the molecule is CCOC(=O)/C(C#N)=C/c1ccc(OCc2ccccc2)c(OC)c1. The smallest absolute Gasteiger partial charge is 0.348 e. The van der Waals surface area contributed by atoms with Crippen LogP contribution in [-0.2, 0) is 16.1 Å². The number of rotatable bonds is 7. The van der Waals surface area contributed by atoms with E-state index in [2.05, 4.69) is 0 Å². The quantitative estimate of drug-likeness (QED) is 0.437. The summed E-state index contributed by atoms with van der Waals surface area (Å²) in [5, 5.41) is 9.10. The van der Waals surface area contributed by atoms with Crippen molar-refractivity contribution in [3.05, 3.63) is 65.2 Å². The van der Waals surface area contributed by atoms with Gasteiger partial charge in [-0.15, -0.1) is 0 Å². The summed E-state index contributed by atoms with van der Waals surface area (Å²) >= 11 is 0. The molecule has 0 saturated carbocycles. The van der Waals surface area contributed by atoms with Crippen LogP contribution in [0.1, 0.15) is 18.1 Å². The van der Waals surface area contributed by atoms with Crippen LogP contribution < -0.4 is 9.47 Å². The van der Waals surface area contributed by atoms with Crippen LogP contribution in [0, 0.1) is 11.3 Å². The van der Waals surface area contributed by atoms with E-state index in [0.717, 1.165) is 5.56 Å². The van der Waals surface area contributed by atoms with Gasteiger partial charge in [0.2, 0.25) is 0 Å². The van der Waals surface area contributed by atoms with E-state index in [1.54, 1.807) is 25.1 Å². The first-order valence-corrected chi connectivity index (χ1v) is 7.81. The lowest BCUT2D eigenvalue weighted by atomic mass is 10.1. The molecule has 0 bridgehead atoms. The van der Waals surface area contributed by atoms with Crippen molar-refractivity contribution in [1.29, 1.82) is 5.26 Å². The number of nitrogens with zero attached hydrogens (tertiary/aromatic N) is 1. The van der Waals surface area contributed by atoms with E-state index in [0.29, 0.717) is 23.7 Å². The average Bonchev–Trinajstić information content (AvgIpc) is 2.65. The summed E-state index contributed by atoms with van der Waals surface area (Å²) in [6.45, 7) is 2.32. The Morgan fingerprint density at radius 1 is 1.16 bits per heavy atom. The lowest BCUT2D eigenvalue weighted by molar-refractivity contribution is -0.137. The molecule has 5 heteroatoms. The molecule has 0 heterocycles. The van der Waals surface area contributed by atoms with E-state index < -0.39 is 5.97 Å². The van der Waals surface area contributed by atoms with Crippen LogP contribution in [0.25, 0.3) is 6.08 Å². The van der Waals surface area contributed by atoms with Crippen LogP contribution in [0.4, 0.5) is 0 Å². The molecular weight excluding hydrogens is 318 g/mol. The zero-order valence-corrected chi connectivity index (χ0v) is 14.2. The van der Waals surface area contributed by atoms with Gasteiger partial charge >= 0.3 is 5.97 Å². The molecule has 2 aromatic carbocycles. The minimum atomic E-state index is -0.645. The highest BCUT2D eigenvalue weighted by Gasteiger charge is 2.11. The molecule has 5 nitrogen and oxygen atoms in total. The van der Waals surface area contributed by atoms with E-state index >= 15 is 0 Å². The number of hydrogen-bond acceptors (Lipinski definition) is 5. The highest BCUT2D eigenvalue weighted by molar-refractivity contribution is 5.97. The first kappa shape index (κ1) is 18.1. The number of hydrogen-bond donors (Lipinski definition) is 0. The fourth-order valence-corrected chi connectivity index (χ4v) is 2.14. The molecule has 0 spiro atoms. The molecular formula is C20H19NO4. The summed E-state index contributed by atoms with van der Waals surface area (Å²) < 4.78 is 16.0. The molecule has 2 aromatic rings. The Balaban J connectivity index is 2.18. The molecule has 128 valence electrons. The van der Waals surface area contributed by atoms with Crippen molar-refractivity contribution < 1.29 is 19.0 Å². The maximum Gasteiger partial charge on any atom is 0.348 e. The normalized spacial score (nSPS) is 10.7. The predicted molar refractivity (Wildman–Crippen MR) is 94.0 cm³/mol. The van der Waals surface area contributed by atoms with Crippen LogP contribution in [0.15, 0.2) is 54.1 Å². The van der Waals surface area contributed by atoms with Crippen LogP contribution in [0.3, 0.4) is 0 Å². The Bertz CT molecular complexity index is 791. The zero-order valence-electron chi connectivity index (χ0n) is 14.2. The Kier molecular flexibility index (Phi) is 6.61. The number of benzene rings is 2. The Hall–Kier alpha value is -3.26. The molecule has 0 amide bonds. The summed E-state index contributed by atoms with van der Waals surface area (Å²) in [4.78, 5) is 11.7. The van der Waals surface area contributed by atoms with Crippen molar-refractivity contribution in [2.24, 2.45) is 0 Å². The van der Waals surface area contributed by atoms with Crippen LogP contribution >= 0.6 is 0 Å². The van der Waals surface area contributed by atoms with Crippen molar-refractivity contribution in [3.8, 4) is 17.6 Å². The molecule has 0 unspecified atom stereocenters. The minimum Gasteiger partial charge on any atom is -0.493 e. The zero-order chi connectivity index (χ0) is 18.1. The van der Waals surface area contributed by atoms with E-state index in [1.165, 1.54) is 13.2 Å². The van der Waals surface area contributed by atoms with Gasteiger partial charge in [-0.2, -0.15) is 5.26 Å². The van der Waals surface area contributed by atoms with E-state index in [1.807, 2.05) is 36.4 Å². The average molecular weight is 337 g/mol. The molecule has 0 radical (unpaired) electrons. The molecule has 0 N–H and O–H groups in total. The standard InChI is InChI=1S/C20H19NO4/c1-3-24-20(22)17(13-21)11-16-9-10-18(19(12-16)23-2)25-14-15-7-5-4-6-8-15/h4-12H,3,14H2,1-2H3/b17-11+. The molecule has 0 aliphatic heterocycles. The number of methoxy groups -OCH3 is 1. The van der Waals surface area contributed by atoms with Gasteiger partial charge in [-0.05, 0) is 36.3 Å². The number of carbonyl (C=O) groups excluding carboxylic acids is 1. The van der Waals surface area contributed by atoms with Crippen molar-refractivity contribution in [2.75, 3.05) is 13.7 Å². The molecule has 0 fully saturated rings. The second-order valence-corrected chi connectivity index (χ2v) is 5.07. The lowest BCUT2D eigenvalue weighted by Gasteiger charge is -2.11. The highest BCUT2D eigenvalue weighted by atomic mass is 16.5. The predicted octanol–water partition coefficient (Wildman–Crippen LogP) is 3.74. The lowest BCUT2D eigenvalue weighted by Crippen LogP contribution is -2.06. The molecule has 0 aliphatic rings. The van der Waals surface area contributed by atoms with Gasteiger partial charge in [-0.25, -0.2) is 4.79 Å². The van der Waals surface area contributed by atoms with Crippen LogP contribution in [0.2, 0.25) is 0 Å². The van der Waals surface area contributed by atoms with E-state index in [4.69, 9.17) is 19.5 Å². The molecule has 0 aromatic heterocycles. The summed E-state index contributed by atoms with van der Waals surface area (Å²) in [6.07, 6.45) is 1.46. The minimum absolute atomic E-state index is 0.0677. The van der Waals surface area contributed by atoms with Gasteiger partial charge in [-0.1, -0.05) is 36.4 Å². The number of esters is 1. The second-order valence-electron chi connectivity index (χ2n) is 5.07. The van der Waals surface area contributed by atoms with Gasteiger partial charge in [0, 0.05) is 0 Å². The van der Waals surface area contributed by atoms with E-state index in [9.17, 15) is 4.79 Å². The highest BCUT2D eigenvalue weighted by Crippen LogP contribution is 2.29. The van der Waals surface area contributed by atoms with E-state index in [-0.39, 0.29) is 12.2 Å². The van der Waals surface area contributed by atoms with Crippen LogP contribution in [0.5, 0.6) is 11.5 Å². The van der Waals surface area contributed by atoms with Gasteiger partial charge < -0.3 is 14.2 Å². The first-order chi connectivity index (χ1) is 12.2. The Morgan fingerprint density at radius 3 is 2.56 bits per heavy atom. The summed E-state index contributed by atoms with van der Waals surface area (Å²) in [5.74, 6) is 0.456. The monoisotopic (exact) mass is 337 g/mol. The molecule has 2 rings (SSSR count). The number of carbonyl (C=O) groups is 1. The molecule has 0 aliphatic carbocycles. The Labute approximate surface area is 147 Å². The number of ether oxygens (including phenoxy) is 3. The largest absolute Gasteiger partial charge is 0.493 e. The van der Waals surface area contributed by atoms with Gasteiger partial charge in [0.05, 0.1) is 13.7 Å². The maximum atomic E-state index is 11.7. The van der Waals surface area contributed by atoms with Crippen molar-refractivity contribution in [1.82, 2.24) is 0 Å². The third kappa shape index (κ3) is 5.11. The van der Waals surface area contributed by atoms with Crippen molar-refractivity contribution >= 4 is 12.0 Å². The molecule has 0 atom stereocenters. The first-order valence-electron chi connectivity index (χ1n) is 7.81. The maximum absolute atomic E-state index is 11.7. The van der Waals surface area contributed by atoms with Crippen molar-refractivity contribution in [3.63, 3.8) is 0 Å². The second kappa shape index (κ2) is 9.14. The van der Waals surface area contributed by atoms with Gasteiger partial charge in [-0.3, -0.25) is 0 Å². The summed E-state index contributed by atoms with van der Waals surface area (Å²) in [5.41, 5.74) is 1.62. The van der Waals surface area contributed by atoms with Crippen molar-refractivity contribution in [2.45, 2.75) is 13.5 Å². The molecule has 25 heavy (non-hydrogen) atoms. The topological polar surface area (TPSA) is 68.6 Å². The van der Waals surface area contributed by atoms with Gasteiger partial charge in [0.25, 0.3) is 0 Å². The third-order valence-electron chi connectivity index (χ3n) is 3.35. The van der Waals surface area contributed by atoms with Gasteiger partial charge in [0.15, 0.2) is 11.5 Å². The Morgan fingerprint density at radius 2 is 1.92 bits per heavy atom. The fraction of sp³-hybridized carbons (Fsp3) is 0.200. The number of nitriles is 1. The summed E-state index contributed by atoms with van der Waals surface area (Å²) in [7, 11) is 1.54.